The number of hydrogen-bond acceptors (Lipinski definition) is 2. The molecule has 2 aromatic rings. The topological polar surface area (TPSA) is 21.3 Å². The van der Waals surface area contributed by atoms with Crippen LogP contribution in [0.15, 0.2) is 30.3 Å². The summed E-state index contributed by atoms with van der Waals surface area (Å²) in [7, 11) is 3.39. The molecule has 2 aromatic carbocycles. The summed E-state index contributed by atoms with van der Waals surface area (Å²) in [6.45, 7) is 3.79. The lowest BCUT2D eigenvalue weighted by molar-refractivity contribution is 0.404. The number of benzene rings is 2. The summed E-state index contributed by atoms with van der Waals surface area (Å²) in [6, 6.07) is 8.56. The molecule has 0 fully saturated rings. The van der Waals surface area contributed by atoms with Gasteiger partial charge in [-0.25, -0.2) is 4.39 Å². The molecule has 4 heteroatoms. The molecule has 2 nitrogen and oxygen atoms in total. The smallest absolute Gasteiger partial charge is 0.128 e. The molecule has 0 saturated carbocycles. The van der Waals surface area contributed by atoms with E-state index in [0.717, 1.165) is 16.7 Å². The molecule has 0 heterocycles. The van der Waals surface area contributed by atoms with Gasteiger partial charge in [0.1, 0.15) is 11.6 Å². The molecule has 0 aliphatic heterocycles. The van der Waals surface area contributed by atoms with Crippen molar-refractivity contribution < 1.29 is 9.13 Å². The number of methoxy groups -OCH3 is 1. The van der Waals surface area contributed by atoms with Gasteiger partial charge in [0.2, 0.25) is 0 Å². The quantitative estimate of drug-likeness (QED) is 0.903. The first kappa shape index (κ1) is 15.8. The van der Waals surface area contributed by atoms with E-state index in [-0.39, 0.29) is 11.9 Å². The van der Waals surface area contributed by atoms with Crippen LogP contribution in [0.2, 0.25) is 5.02 Å². The fourth-order valence-electron chi connectivity index (χ4n) is 2.68. The van der Waals surface area contributed by atoms with Gasteiger partial charge in [0.15, 0.2) is 0 Å². The van der Waals surface area contributed by atoms with E-state index in [2.05, 4.69) is 5.32 Å². The second-order valence-corrected chi connectivity index (χ2v) is 5.52. The Morgan fingerprint density at radius 2 is 1.90 bits per heavy atom. The average molecular weight is 308 g/mol. The molecule has 1 atom stereocenters. The normalized spacial score (nSPS) is 12.3. The summed E-state index contributed by atoms with van der Waals surface area (Å²) in [5.41, 5.74) is 3.23. The van der Waals surface area contributed by atoms with Gasteiger partial charge in [-0.1, -0.05) is 17.7 Å². The van der Waals surface area contributed by atoms with Crippen LogP contribution < -0.4 is 10.1 Å². The van der Waals surface area contributed by atoms with Crippen molar-refractivity contribution in [2.45, 2.75) is 19.9 Å². The van der Waals surface area contributed by atoms with Crippen molar-refractivity contribution in [2.75, 3.05) is 14.2 Å². The zero-order chi connectivity index (χ0) is 15.6. The van der Waals surface area contributed by atoms with Crippen LogP contribution in [0.1, 0.15) is 28.3 Å². The van der Waals surface area contributed by atoms with E-state index in [4.69, 9.17) is 16.3 Å². The lowest BCUT2D eigenvalue weighted by Gasteiger charge is -2.22. The van der Waals surface area contributed by atoms with Crippen LogP contribution in [0.4, 0.5) is 4.39 Å². The summed E-state index contributed by atoms with van der Waals surface area (Å²) >= 11 is 6.09. The van der Waals surface area contributed by atoms with Crippen LogP contribution in [-0.2, 0) is 0 Å². The van der Waals surface area contributed by atoms with Gasteiger partial charge >= 0.3 is 0 Å². The molecule has 0 saturated heterocycles. The first-order valence-corrected chi connectivity index (χ1v) is 7.13. The average Bonchev–Trinajstić information content (AvgIpc) is 2.42. The van der Waals surface area contributed by atoms with Crippen LogP contribution in [0.25, 0.3) is 0 Å². The molecule has 21 heavy (non-hydrogen) atoms. The van der Waals surface area contributed by atoms with Gasteiger partial charge in [-0.2, -0.15) is 0 Å². The summed E-state index contributed by atoms with van der Waals surface area (Å²) in [6.07, 6.45) is 0. The van der Waals surface area contributed by atoms with Crippen LogP contribution >= 0.6 is 11.6 Å². The number of hydrogen-bond donors (Lipinski definition) is 1. The van der Waals surface area contributed by atoms with Crippen molar-refractivity contribution in [1.82, 2.24) is 5.32 Å². The lowest BCUT2D eigenvalue weighted by Crippen LogP contribution is -2.21. The fraction of sp³-hybridized carbons (Fsp3) is 0.294. The van der Waals surface area contributed by atoms with E-state index in [1.165, 1.54) is 0 Å². The highest BCUT2D eigenvalue weighted by atomic mass is 35.5. The molecule has 0 aliphatic rings. The van der Waals surface area contributed by atoms with Crippen LogP contribution in [0, 0.1) is 19.7 Å². The SMILES string of the molecule is CNC(c1cc(Cl)ccc1OC)c1c(C)cc(C)cc1F. The van der Waals surface area contributed by atoms with E-state index in [9.17, 15) is 4.39 Å². The summed E-state index contributed by atoms with van der Waals surface area (Å²) in [4.78, 5) is 0. The fourth-order valence-corrected chi connectivity index (χ4v) is 2.86. The molecule has 0 aromatic heterocycles. The summed E-state index contributed by atoms with van der Waals surface area (Å²) in [5.74, 6) is 0.451. The van der Waals surface area contributed by atoms with Gasteiger partial charge in [0, 0.05) is 16.1 Å². The summed E-state index contributed by atoms with van der Waals surface area (Å²) < 4.78 is 19.8. The molecule has 1 unspecified atom stereocenters. The van der Waals surface area contributed by atoms with Gasteiger partial charge in [0.05, 0.1) is 13.2 Å². The third kappa shape index (κ3) is 3.20. The lowest BCUT2D eigenvalue weighted by atomic mass is 9.92. The minimum absolute atomic E-state index is 0.228. The van der Waals surface area contributed by atoms with Crippen LogP contribution in [0.5, 0.6) is 5.75 Å². The largest absolute Gasteiger partial charge is 0.496 e. The molecule has 0 aliphatic carbocycles. The van der Waals surface area contributed by atoms with Crippen LogP contribution in [-0.4, -0.2) is 14.2 Å². The number of nitrogens with one attached hydrogen (secondary N) is 1. The van der Waals surface area contributed by atoms with E-state index in [1.54, 1.807) is 38.4 Å². The van der Waals surface area contributed by atoms with E-state index < -0.39 is 0 Å². The Bertz CT molecular complexity index is 634. The Labute approximate surface area is 129 Å². The van der Waals surface area contributed by atoms with Crippen molar-refractivity contribution in [3.63, 3.8) is 0 Å². The maximum Gasteiger partial charge on any atom is 0.128 e. The highest BCUT2D eigenvalue weighted by Gasteiger charge is 2.22. The molecule has 1 N–H and O–H groups in total. The van der Waals surface area contributed by atoms with Gasteiger partial charge in [-0.15, -0.1) is 0 Å². The molecule has 0 radical (unpaired) electrons. The van der Waals surface area contributed by atoms with Gasteiger partial charge in [-0.05, 0) is 56.3 Å². The van der Waals surface area contributed by atoms with E-state index >= 15 is 0 Å². The van der Waals surface area contributed by atoms with Crippen molar-refractivity contribution >= 4 is 11.6 Å². The first-order valence-electron chi connectivity index (χ1n) is 6.75. The molecular weight excluding hydrogens is 289 g/mol. The predicted octanol–water partition coefficient (Wildman–Crippen LogP) is 4.41. The molecule has 112 valence electrons. The number of rotatable bonds is 4. The molecular formula is C17H19ClFNO. The van der Waals surface area contributed by atoms with E-state index in [0.29, 0.717) is 16.3 Å². The number of halogens is 2. The number of aryl methyl sites for hydroxylation is 2. The molecule has 0 amide bonds. The van der Waals surface area contributed by atoms with Crippen molar-refractivity contribution in [3.05, 3.63) is 63.4 Å². The second-order valence-electron chi connectivity index (χ2n) is 5.09. The highest BCUT2D eigenvalue weighted by molar-refractivity contribution is 6.30. The molecule has 0 bridgehead atoms. The molecule has 0 spiro atoms. The third-order valence-electron chi connectivity index (χ3n) is 3.56. The first-order chi connectivity index (χ1) is 9.97. The van der Waals surface area contributed by atoms with Crippen molar-refractivity contribution in [3.8, 4) is 5.75 Å². The van der Waals surface area contributed by atoms with Crippen molar-refractivity contribution in [1.29, 1.82) is 0 Å². The Hall–Kier alpha value is -1.58. The van der Waals surface area contributed by atoms with Gasteiger partial charge in [0.25, 0.3) is 0 Å². The minimum Gasteiger partial charge on any atom is -0.496 e. The third-order valence-corrected chi connectivity index (χ3v) is 3.80. The van der Waals surface area contributed by atoms with Crippen molar-refractivity contribution in [2.24, 2.45) is 0 Å². The maximum atomic E-state index is 14.5. The van der Waals surface area contributed by atoms with Gasteiger partial charge < -0.3 is 10.1 Å². The maximum absolute atomic E-state index is 14.5. The van der Waals surface area contributed by atoms with E-state index in [1.807, 2.05) is 19.9 Å². The zero-order valence-electron chi connectivity index (χ0n) is 12.6. The zero-order valence-corrected chi connectivity index (χ0v) is 13.4. The second kappa shape index (κ2) is 6.46. The Balaban J connectivity index is 2.63. The summed E-state index contributed by atoms with van der Waals surface area (Å²) in [5, 5.41) is 3.75. The monoisotopic (exact) mass is 307 g/mol. The Morgan fingerprint density at radius 1 is 1.19 bits per heavy atom. The van der Waals surface area contributed by atoms with Crippen LogP contribution in [0.3, 0.4) is 0 Å². The Morgan fingerprint density at radius 3 is 2.48 bits per heavy atom. The predicted molar refractivity (Wildman–Crippen MR) is 84.8 cm³/mol. The number of ether oxygens (including phenoxy) is 1. The Kier molecular flexibility index (Phi) is 4.86. The minimum atomic E-state index is -0.320. The van der Waals surface area contributed by atoms with Gasteiger partial charge in [-0.3, -0.25) is 0 Å². The molecule has 2 rings (SSSR count). The standard InChI is InChI=1S/C17H19ClFNO/c1-10-7-11(2)16(14(19)8-10)17(20-3)13-9-12(18)5-6-15(13)21-4/h5-9,17,20H,1-4H3. The highest BCUT2D eigenvalue weighted by Crippen LogP contribution is 2.35.